The average molecular weight is 180 g/mol. The molecule has 0 saturated carbocycles. The van der Waals surface area contributed by atoms with Crippen LogP contribution >= 0.6 is 0 Å². The van der Waals surface area contributed by atoms with Crippen molar-refractivity contribution in [3.8, 4) is 5.75 Å². The van der Waals surface area contributed by atoms with Gasteiger partial charge in [0.1, 0.15) is 0 Å². The van der Waals surface area contributed by atoms with Crippen LogP contribution in [0.2, 0.25) is 0 Å². The molecule has 0 spiro atoms. The molecule has 68 valence electrons. The lowest BCUT2D eigenvalue weighted by Gasteiger charge is -2.09. The minimum absolute atomic E-state index is 0.144. The van der Waals surface area contributed by atoms with E-state index in [2.05, 4.69) is 0 Å². The molecule has 1 aromatic carbocycles. The Morgan fingerprint density at radius 1 is 1.46 bits per heavy atom. The SMILES string of the molecule is CC(=O)c1cc([N+](=O)[O-])ccc1[O-]. The predicted molar refractivity (Wildman–Crippen MR) is 42.5 cm³/mol. The summed E-state index contributed by atoms with van der Waals surface area (Å²) in [6, 6.07) is 3.09. The van der Waals surface area contributed by atoms with Gasteiger partial charge in [0.25, 0.3) is 5.69 Å². The van der Waals surface area contributed by atoms with Crippen molar-refractivity contribution in [3.05, 3.63) is 33.9 Å². The highest BCUT2D eigenvalue weighted by Crippen LogP contribution is 2.20. The third-order valence-electron chi connectivity index (χ3n) is 1.55. The van der Waals surface area contributed by atoms with Crippen LogP contribution < -0.4 is 5.11 Å². The van der Waals surface area contributed by atoms with Crippen molar-refractivity contribution in [2.75, 3.05) is 0 Å². The maximum atomic E-state index is 11.0. The van der Waals surface area contributed by atoms with E-state index in [1.165, 1.54) is 6.92 Å². The van der Waals surface area contributed by atoms with E-state index in [0.717, 1.165) is 18.2 Å². The van der Waals surface area contributed by atoms with Crippen LogP contribution in [0.15, 0.2) is 18.2 Å². The molecular formula is C8H6NO4-. The Labute approximate surface area is 73.8 Å². The zero-order valence-corrected chi connectivity index (χ0v) is 6.81. The number of Topliss-reactive ketones (excluding diaryl/α,β-unsaturated/α-hetero) is 1. The van der Waals surface area contributed by atoms with Crippen molar-refractivity contribution >= 4 is 11.5 Å². The zero-order valence-electron chi connectivity index (χ0n) is 6.81. The van der Waals surface area contributed by atoms with Gasteiger partial charge in [-0.05, 0) is 6.92 Å². The fourth-order valence-corrected chi connectivity index (χ4v) is 0.907. The highest BCUT2D eigenvalue weighted by atomic mass is 16.6. The van der Waals surface area contributed by atoms with Crippen LogP contribution in [0.1, 0.15) is 17.3 Å². The van der Waals surface area contributed by atoms with Gasteiger partial charge in [-0.25, -0.2) is 0 Å². The lowest BCUT2D eigenvalue weighted by atomic mass is 10.1. The number of rotatable bonds is 2. The van der Waals surface area contributed by atoms with Crippen LogP contribution in [0.5, 0.6) is 5.75 Å². The molecular weight excluding hydrogens is 174 g/mol. The number of carbonyl (C=O) groups excluding carboxylic acids is 1. The number of nitrogens with zero attached hydrogens (tertiary/aromatic N) is 1. The number of hydrogen-bond acceptors (Lipinski definition) is 4. The molecule has 5 nitrogen and oxygen atoms in total. The van der Waals surface area contributed by atoms with Crippen molar-refractivity contribution in [3.63, 3.8) is 0 Å². The summed E-state index contributed by atoms with van der Waals surface area (Å²) in [7, 11) is 0. The quantitative estimate of drug-likeness (QED) is 0.384. The number of benzene rings is 1. The Morgan fingerprint density at radius 2 is 2.08 bits per heavy atom. The summed E-state index contributed by atoms with van der Waals surface area (Å²) in [5, 5.41) is 21.3. The summed E-state index contributed by atoms with van der Waals surface area (Å²) in [5.41, 5.74) is -0.390. The second kappa shape index (κ2) is 3.22. The van der Waals surface area contributed by atoms with E-state index >= 15 is 0 Å². The van der Waals surface area contributed by atoms with E-state index in [-0.39, 0.29) is 11.3 Å². The molecule has 1 aromatic rings. The predicted octanol–water partition coefficient (Wildman–Crippen LogP) is 0.871. The van der Waals surface area contributed by atoms with Gasteiger partial charge < -0.3 is 5.11 Å². The summed E-state index contributed by atoms with van der Waals surface area (Å²) in [6.07, 6.45) is 0. The van der Waals surface area contributed by atoms with Gasteiger partial charge >= 0.3 is 0 Å². The third kappa shape index (κ3) is 1.81. The van der Waals surface area contributed by atoms with E-state index < -0.39 is 16.5 Å². The molecule has 0 aromatic heterocycles. The largest absolute Gasteiger partial charge is 0.872 e. The molecule has 5 heteroatoms. The Kier molecular flexibility index (Phi) is 2.27. The number of non-ortho nitro benzene ring substituents is 1. The summed E-state index contributed by atoms with van der Waals surface area (Å²) >= 11 is 0. The van der Waals surface area contributed by atoms with E-state index in [0.29, 0.717) is 0 Å². The first-order valence-electron chi connectivity index (χ1n) is 3.49. The molecule has 0 aliphatic rings. The minimum atomic E-state index is -0.647. The highest BCUT2D eigenvalue weighted by Gasteiger charge is 2.08. The molecule has 0 fully saturated rings. The molecule has 0 aliphatic heterocycles. The number of nitro groups is 1. The first-order chi connectivity index (χ1) is 6.02. The third-order valence-corrected chi connectivity index (χ3v) is 1.55. The Hall–Kier alpha value is -1.91. The van der Waals surface area contributed by atoms with Crippen molar-refractivity contribution in [1.29, 1.82) is 0 Å². The molecule has 0 atom stereocenters. The van der Waals surface area contributed by atoms with Gasteiger partial charge in [0.2, 0.25) is 0 Å². The normalized spacial score (nSPS) is 9.62. The number of carbonyl (C=O) groups is 1. The van der Waals surface area contributed by atoms with Crippen LogP contribution in [0.25, 0.3) is 0 Å². The lowest BCUT2D eigenvalue weighted by molar-refractivity contribution is -0.385. The zero-order chi connectivity index (χ0) is 10.0. The molecule has 0 radical (unpaired) electrons. The van der Waals surface area contributed by atoms with E-state index in [1.54, 1.807) is 0 Å². The highest BCUT2D eigenvalue weighted by molar-refractivity contribution is 5.97. The van der Waals surface area contributed by atoms with Crippen molar-refractivity contribution < 1.29 is 14.8 Å². The molecule has 0 saturated heterocycles. The van der Waals surface area contributed by atoms with E-state index in [4.69, 9.17) is 0 Å². The van der Waals surface area contributed by atoms with Crippen LogP contribution in [-0.4, -0.2) is 10.7 Å². The van der Waals surface area contributed by atoms with Crippen molar-refractivity contribution in [1.82, 2.24) is 0 Å². The molecule has 1 rings (SSSR count). The van der Waals surface area contributed by atoms with Gasteiger partial charge in [0, 0.05) is 17.7 Å². The Morgan fingerprint density at radius 3 is 2.54 bits per heavy atom. The maximum absolute atomic E-state index is 11.0. The van der Waals surface area contributed by atoms with Crippen LogP contribution in [-0.2, 0) is 0 Å². The fraction of sp³-hybridized carbons (Fsp3) is 0.125. The summed E-state index contributed by atoms with van der Waals surface area (Å²) in [5.74, 6) is -0.952. The Balaban J connectivity index is 3.27. The number of nitro benzene ring substituents is 1. The van der Waals surface area contributed by atoms with Crippen LogP contribution in [0, 0.1) is 10.1 Å². The second-order valence-corrected chi connectivity index (χ2v) is 2.49. The first-order valence-corrected chi connectivity index (χ1v) is 3.49. The van der Waals surface area contributed by atoms with Crippen LogP contribution in [0.4, 0.5) is 5.69 Å². The van der Waals surface area contributed by atoms with Crippen molar-refractivity contribution in [2.24, 2.45) is 0 Å². The molecule has 0 aliphatic carbocycles. The lowest BCUT2D eigenvalue weighted by Crippen LogP contribution is -2.02. The summed E-state index contributed by atoms with van der Waals surface area (Å²) in [6.45, 7) is 1.19. The van der Waals surface area contributed by atoms with Crippen LogP contribution in [0.3, 0.4) is 0 Å². The second-order valence-electron chi connectivity index (χ2n) is 2.49. The topological polar surface area (TPSA) is 83.3 Å². The molecule has 0 unspecified atom stereocenters. The number of hydrogen-bond donors (Lipinski definition) is 0. The summed E-state index contributed by atoms with van der Waals surface area (Å²) in [4.78, 5) is 20.5. The van der Waals surface area contributed by atoms with Gasteiger partial charge in [-0.15, -0.1) is 0 Å². The van der Waals surface area contributed by atoms with Crippen molar-refractivity contribution in [2.45, 2.75) is 6.92 Å². The standard InChI is InChI=1S/C8H7NO4/c1-5(10)7-4-6(9(12)13)2-3-8(7)11/h2-4,11H,1H3/p-1. The first kappa shape index (κ1) is 9.18. The average Bonchev–Trinajstić information content (AvgIpc) is 2.04. The number of ketones is 1. The Bertz CT molecular complexity index is 372. The van der Waals surface area contributed by atoms with E-state index in [9.17, 15) is 20.0 Å². The molecule has 13 heavy (non-hydrogen) atoms. The van der Waals surface area contributed by atoms with Gasteiger partial charge in [0.05, 0.1) is 4.92 Å². The molecule has 0 amide bonds. The van der Waals surface area contributed by atoms with Gasteiger partial charge in [-0.3, -0.25) is 14.9 Å². The van der Waals surface area contributed by atoms with Gasteiger partial charge in [-0.1, -0.05) is 11.8 Å². The van der Waals surface area contributed by atoms with E-state index in [1.807, 2.05) is 0 Å². The fourth-order valence-electron chi connectivity index (χ4n) is 0.907. The van der Waals surface area contributed by atoms with Gasteiger partial charge in [0.15, 0.2) is 5.78 Å². The minimum Gasteiger partial charge on any atom is -0.872 e. The summed E-state index contributed by atoms with van der Waals surface area (Å²) < 4.78 is 0. The molecule has 0 bridgehead atoms. The maximum Gasteiger partial charge on any atom is 0.270 e. The monoisotopic (exact) mass is 180 g/mol. The van der Waals surface area contributed by atoms with Gasteiger partial charge in [-0.2, -0.15) is 0 Å². The molecule has 0 N–H and O–H groups in total. The molecule has 0 heterocycles. The smallest absolute Gasteiger partial charge is 0.270 e.